The van der Waals surface area contributed by atoms with Gasteiger partial charge in [0.25, 0.3) is 5.91 Å². The second-order valence-corrected chi connectivity index (χ2v) is 8.54. The molecule has 8 nitrogen and oxygen atoms in total. The summed E-state index contributed by atoms with van der Waals surface area (Å²) in [6.45, 7) is 0. The van der Waals surface area contributed by atoms with Crippen LogP contribution in [0.4, 0.5) is 24.5 Å². The molecule has 1 fully saturated rings. The molecule has 1 heterocycles. The van der Waals surface area contributed by atoms with Crippen LogP contribution in [0.25, 0.3) is 0 Å². The van der Waals surface area contributed by atoms with E-state index in [1.165, 1.54) is 24.5 Å². The number of allylic oxidation sites excluding steroid dienone is 1. The van der Waals surface area contributed by atoms with Crippen LogP contribution in [-0.4, -0.2) is 36.1 Å². The maximum Gasteiger partial charge on any atom is 0.433 e. The highest BCUT2D eigenvalue weighted by Gasteiger charge is 2.32. The average molecular weight is 503 g/mol. The predicted molar refractivity (Wildman–Crippen MR) is 132 cm³/mol. The van der Waals surface area contributed by atoms with Crippen molar-refractivity contribution >= 4 is 29.4 Å². The molecular weight excluding hydrogens is 473 g/mol. The van der Waals surface area contributed by atoms with Gasteiger partial charge in [-0.1, -0.05) is 31.7 Å². The molecule has 0 saturated heterocycles. The number of amides is 2. The molecule has 1 saturated carbocycles. The summed E-state index contributed by atoms with van der Waals surface area (Å²) >= 11 is 0. The van der Waals surface area contributed by atoms with Crippen LogP contribution in [-0.2, 0) is 11.0 Å². The summed E-state index contributed by atoms with van der Waals surface area (Å²) in [5.41, 5.74) is 5.67. The Labute approximate surface area is 207 Å². The lowest BCUT2D eigenvalue weighted by molar-refractivity contribution is -0.141. The van der Waals surface area contributed by atoms with E-state index in [2.05, 4.69) is 25.9 Å². The molecular formula is C25H29F3N6O2. The van der Waals surface area contributed by atoms with Gasteiger partial charge in [-0.3, -0.25) is 19.6 Å². The van der Waals surface area contributed by atoms with Gasteiger partial charge in [0.2, 0.25) is 5.91 Å². The highest BCUT2D eigenvalue weighted by atomic mass is 19.4. The average Bonchev–Trinajstić information content (AvgIpc) is 3.36. The fourth-order valence-corrected chi connectivity index (χ4v) is 4.11. The first-order valence-corrected chi connectivity index (χ1v) is 11.6. The Bertz CT molecular complexity index is 1130. The van der Waals surface area contributed by atoms with Crippen LogP contribution in [0.3, 0.4) is 0 Å². The zero-order chi connectivity index (χ0) is 26.1. The zero-order valence-electron chi connectivity index (χ0n) is 19.8. The van der Waals surface area contributed by atoms with Crippen molar-refractivity contribution in [2.24, 2.45) is 16.6 Å². The number of nitrogens with zero attached hydrogens (tertiary/aromatic N) is 2. The number of pyridine rings is 1. The van der Waals surface area contributed by atoms with Gasteiger partial charge in [-0.25, -0.2) is 0 Å². The summed E-state index contributed by atoms with van der Waals surface area (Å²) in [4.78, 5) is 33.2. The Morgan fingerprint density at radius 1 is 1.19 bits per heavy atom. The molecule has 36 heavy (non-hydrogen) atoms. The zero-order valence-corrected chi connectivity index (χ0v) is 19.8. The molecule has 5 N–H and O–H groups in total. The molecule has 11 heteroatoms. The van der Waals surface area contributed by atoms with E-state index >= 15 is 0 Å². The summed E-state index contributed by atoms with van der Waals surface area (Å²) in [7, 11) is 1.55. The van der Waals surface area contributed by atoms with Crippen molar-refractivity contribution in [1.82, 2.24) is 15.6 Å². The molecule has 1 aromatic heterocycles. The van der Waals surface area contributed by atoms with Crippen LogP contribution in [0.1, 0.15) is 48.2 Å². The van der Waals surface area contributed by atoms with Gasteiger partial charge in [0.1, 0.15) is 11.7 Å². The molecule has 1 aliphatic rings. The number of carbonyl (C=O) groups excluding carboxylic acids is 2. The number of halogens is 3. The van der Waals surface area contributed by atoms with E-state index in [-0.39, 0.29) is 11.3 Å². The Kier molecular flexibility index (Phi) is 9.04. The molecule has 1 aliphatic carbocycles. The van der Waals surface area contributed by atoms with E-state index in [1.54, 1.807) is 25.2 Å². The monoisotopic (exact) mass is 502 g/mol. The number of carbonyl (C=O) groups is 2. The smallest absolute Gasteiger partial charge is 0.403 e. The summed E-state index contributed by atoms with van der Waals surface area (Å²) in [6.07, 6.45) is 3.74. The SMILES string of the molecule is CN=C/C(=C\N)NC(=O)[C@H](CC1CCCC1)NC(=O)c1cccc(Nc2ccnc(C(F)(F)F)c2)c1. The van der Waals surface area contributed by atoms with Crippen molar-refractivity contribution in [3.63, 3.8) is 0 Å². The normalized spacial score (nSPS) is 15.6. The standard InChI is InChI=1S/C25H29F3N6O2/c1-30-15-20(14-29)33-24(36)21(11-16-5-2-3-6-16)34-23(35)17-7-4-8-18(12-17)32-19-9-10-31-22(13-19)25(26,27)28/h4,7-10,12-16,21H,2-3,5-6,11,29H2,1H3,(H,31,32)(H,33,36)(H,34,35)/b20-14+,30-15?/t21-/m0/s1. The summed E-state index contributed by atoms with van der Waals surface area (Å²) in [5, 5.41) is 8.34. The van der Waals surface area contributed by atoms with E-state index in [0.717, 1.165) is 37.9 Å². The van der Waals surface area contributed by atoms with E-state index in [0.29, 0.717) is 23.7 Å². The summed E-state index contributed by atoms with van der Waals surface area (Å²) in [5.74, 6) is -0.573. The number of rotatable bonds is 9. The number of aliphatic imine (C=N–C) groups is 1. The van der Waals surface area contributed by atoms with Gasteiger partial charge in [-0.2, -0.15) is 13.2 Å². The second-order valence-electron chi connectivity index (χ2n) is 8.54. The third-order valence-corrected chi connectivity index (χ3v) is 5.84. The lowest BCUT2D eigenvalue weighted by atomic mass is 9.97. The van der Waals surface area contributed by atoms with Gasteiger partial charge < -0.3 is 21.7 Å². The minimum atomic E-state index is -4.57. The van der Waals surface area contributed by atoms with Gasteiger partial charge >= 0.3 is 6.18 Å². The number of hydrogen-bond donors (Lipinski definition) is 4. The van der Waals surface area contributed by atoms with Crippen LogP contribution < -0.4 is 21.7 Å². The summed E-state index contributed by atoms with van der Waals surface area (Å²) < 4.78 is 38.9. The maximum absolute atomic E-state index is 13.1. The molecule has 0 radical (unpaired) electrons. The maximum atomic E-state index is 13.1. The van der Waals surface area contributed by atoms with Crippen molar-refractivity contribution in [3.05, 3.63) is 65.7 Å². The van der Waals surface area contributed by atoms with Gasteiger partial charge in [0, 0.05) is 42.6 Å². The van der Waals surface area contributed by atoms with Crippen LogP contribution in [0, 0.1) is 5.92 Å². The Morgan fingerprint density at radius 3 is 2.58 bits per heavy atom. The summed E-state index contributed by atoms with van der Waals surface area (Å²) in [6, 6.07) is 7.77. The van der Waals surface area contributed by atoms with Gasteiger partial charge in [0.05, 0.1) is 5.70 Å². The fourth-order valence-electron chi connectivity index (χ4n) is 4.11. The number of alkyl halides is 3. The lowest BCUT2D eigenvalue weighted by Crippen LogP contribution is -2.47. The van der Waals surface area contributed by atoms with Gasteiger partial charge in [0.15, 0.2) is 0 Å². The first kappa shape index (κ1) is 26.7. The number of nitrogens with one attached hydrogen (secondary N) is 3. The number of anilines is 2. The molecule has 1 aromatic carbocycles. The second kappa shape index (κ2) is 12.2. The third-order valence-electron chi connectivity index (χ3n) is 5.84. The predicted octanol–water partition coefficient (Wildman–Crippen LogP) is 4.14. The fraction of sp³-hybridized carbons (Fsp3) is 0.360. The van der Waals surface area contributed by atoms with E-state index < -0.39 is 29.7 Å². The number of nitrogens with two attached hydrogens (primary N) is 1. The topological polar surface area (TPSA) is 121 Å². The first-order valence-electron chi connectivity index (χ1n) is 11.6. The van der Waals surface area contributed by atoms with E-state index in [1.807, 2.05) is 0 Å². The van der Waals surface area contributed by atoms with Crippen LogP contribution in [0.2, 0.25) is 0 Å². The highest BCUT2D eigenvalue weighted by molar-refractivity contribution is 5.99. The minimum Gasteiger partial charge on any atom is -0.403 e. The molecule has 2 aromatic rings. The molecule has 192 valence electrons. The highest BCUT2D eigenvalue weighted by Crippen LogP contribution is 2.30. The molecule has 0 aliphatic heterocycles. The third kappa shape index (κ3) is 7.56. The number of benzene rings is 1. The van der Waals surface area contributed by atoms with Gasteiger partial charge in [-0.15, -0.1) is 0 Å². The van der Waals surface area contributed by atoms with Crippen molar-refractivity contribution in [1.29, 1.82) is 0 Å². The quantitative estimate of drug-likeness (QED) is 0.384. The van der Waals surface area contributed by atoms with Crippen LogP contribution in [0.15, 0.2) is 59.5 Å². The molecule has 0 spiro atoms. The minimum absolute atomic E-state index is 0.173. The molecule has 3 rings (SSSR count). The van der Waals surface area contributed by atoms with E-state index in [4.69, 9.17) is 5.73 Å². The Hall–Kier alpha value is -3.89. The molecule has 2 amide bonds. The van der Waals surface area contributed by atoms with Crippen molar-refractivity contribution in [3.8, 4) is 0 Å². The van der Waals surface area contributed by atoms with Gasteiger partial charge in [-0.05, 0) is 42.7 Å². The first-order chi connectivity index (χ1) is 17.2. The van der Waals surface area contributed by atoms with Crippen molar-refractivity contribution < 1.29 is 22.8 Å². The largest absolute Gasteiger partial charge is 0.433 e. The van der Waals surface area contributed by atoms with Crippen molar-refractivity contribution in [2.75, 3.05) is 12.4 Å². The lowest BCUT2D eigenvalue weighted by Gasteiger charge is -2.22. The van der Waals surface area contributed by atoms with Crippen LogP contribution in [0.5, 0.6) is 0 Å². The number of aromatic nitrogens is 1. The van der Waals surface area contributed by atoms with E-state index in [9.17, 15) is 22.8 Å². The molecule has 0 bridgehead atoms. The molecule has 0 unspecified atom stereocenters. The number of hydrogen-bond acceptors (Lipinski definition) is 6. The van der Waals surface area contributed by atoms with Crippen LogP contribution >= 0.6 is 0 Å². The van der Waals surface area contributed by atoms with Crippen molar-refractivity contribution in [2.45, 2.75) is 44.3 Å². The Balaban J connectivity index is 1.74. The Morgan fingerprint density at radius 2 is 1.92 bits per heavy atom. The molecule has 1 atom stereocenters.